The predicted molar refractivity (Wildman–Crippen MR) is 86.9 cm³/mol. The number of ether oxygens (including phenoxy) is 1. The number of anilines is 1. The Balaban J connectivity index is 1.95. The van der Waals surface area contributed by atoms with E-state index in [0.717, 1.165) is 23.4 Å². The van der Waals surface area contributed by atoms with Crippen LogP contribution in [0.15, 0.2) is 42.5 Å². The van der Waals surface area contributed by atoms with E-state index in [1.807, 2.05) is 38.1 Å². The summed E-state index contributed by atoms with van der Waals surface area (Å²) in [6, 6.07) is 11.3. The van der Waals surface area contributed by atoms with Gasteiger partial charge in [0.05, 0.1) is 0 Å². The Bertz CT molecular complexity index is 649. The van der Waals surface area contributed by atoms with Crippen LogP contribution in [0.5, 0.6) is 5.75 Å². The summed E-state index contributed by atoms with van der Waals surface area (Å²) in [5.41, 5.74) is 1.52. The number of aliphatic hydroxyl groups is 1. The quantitative estimate of drug-likeness (QED) is 0.847. The summed E-state index contributed by atoms with van der Waals surface area (Å²) in [5, 5.41) is 10.2. The zero-order chi connectivity index (χ0) is 16.8. The number of hydrogen-bond acceptors (Lipinski definition) is 3. The summed E-state index contributed by atoms with van der Waals surface area (Å²) < 4.78 is 32.0. The highest BCUT2D eigenvalue weighted by Gasteiger charge is 2.14. The fourth-order valence-electron chi connectivity index (χ4n) is 2.31. The number of likely N-dealkylation sites (N-methyl/N-ethyl adjacent to an activating group) is 1. The Labute approximate surface area is 135 Å². The Morgan fingerprint density at radius 2 is 1.87 bits per heavy atom. The molecule has 0 aliphatic carbocycles. The van der Waals surface area contributed by atoms with Crippen molar-refractivity contribution in [2.75, 3.05) is 24.6 Å². The van der Waals surface area contributed by atoms with Crippen LogP contribution in [0.3, 0.4) is 0 Å². The highest BCUT2D eigenvalue weighted by Crippen LogP contribution is 2.19. The minimum absolute atomic E-state index is 0.130. The Morgan fingerprint density at radius 3 is 2.52 bits per heavy atom. The lowest BCUT2D eigenvalue weighted by atomic mass is 10.2. The highest BCUT2D eigenvalue weighted by atomic mass is 19.2. The van der Waals surface area contributed by atoms with Gasteiger partial charge in [-0.05, 0) is 37.6 Å². The lowest BCUT2D eigenvalue weighted by Crippen LogP contribution is -2.35. The molecule has 124 valence electrons. The molecule has 0 aromatic heterocycles. The second-order valence-electron chi connectivity index (χ2n) is 5.37. The third kappa shape index (κ3) is 4.66. The topological polar surface area (TPSA) is 32.7 Å². The van der Waals surface area contributed by atoms with Gasteiger partial charge in [0.15, 0.2) is 11.6 Å². The van der Waals surface area contributed by atoms with Crippen molar-refractivity contribution < 1.29 is 18.6 Å². The summed E-state index contributed by atoms with van der Waals surface area (Å²) in [5.74, 6) is -1.05. The largest absolute Gasteiger partial charge is 0.491 e. The molecule has 3 nitrogen and oxygen atoms in total. The average Bonchev–Trinajstić information content (AvgIpc) is 2.54. The SMILES string of the molecule is CCN(CC(O)COc1ccccc1C)c1ccc(F)c(F)c1. The second-order valence-corrected chi connectivity index (χ2v) is 5.37. The standard InChI is InChI=1S/C18H21F2NO2/c1-3-21(14-8-9-16(19)17(20)10-14)11-15(22)12-23-18-7-5-4-6-13(18)2/h4-10,15,22H,3,11-12H2,1-2H3. The third-order valence-electron chi connectivity index (χ3n) is 3.61. The predicted octanol–water partition coefficient (Wildman–Crippen LogP) is 3.54. The van der Waals surface area contributed by atoms with E-state index in [2.05, 4.69) is 0 Å². The number of aliphatic hydroxyl groups excluding tert-OH is 1. The van der Waals surface area contributed by atoms with Crippen LogP contribution in [0, 0.1) is 18.6 Å². The van der Waals surface area contributed by atoms with Gasteiger partial charge in [-0.2, -0.15) is 0 Å². The summed E-state index contributed by atoms with van der Waals surface area (Å²) in [6.07, 6.45) is -0.748. The maximum Gasteiger partial charge on any atom is 0.160 e. The molecule has 1 unspecified atom stereocenters. The molecule has 1 atom stereocenters. The second kappa shape index (κ2) is 7.92. The number of halogens is 2. The molecule has 0 saturated heterocycles. The van der Waals surface area contributed by atoms with Gasteiger partial charge in [0.25, 0.3) is 0 Å². The van der Waals surface area contributed by atoms with Crippen molar-refractivity contribution in [3.05, 3.63) is 59.7 Å². The van der Waals surface area contributed by atoms with Crippen LogP contribution < -0.4 is 9.64 Å². The maximum atomic E-state index is 13.3. The van der Waals surface area contributed by atoms with E-state index in [0.29, 0.717) is 12.2 Å². The Morgan fingerprint density at radius 1 is 1.13 bits per heavy atom. The molecule has 0 aliphatic rings. The fourth-order valence-corrected chi connectivity index (χ4v) is 2.31. The zero-order valence-corrected chi connectivity index (χ0v) is 13.3. The Kier molecular flexibility index (Phi) is 5.93. The smallest absolute Gasteiger partial charge is 0.160 e. The van der Waals surface area contributed by atoms with Crippen LogP contribution in [0.25, 0.3) is 0 Å². The van der Waals surface area contributed by atoms with Gasteiger partial charge in [-0.1, -0.05) is 18.2 Å². The van der Waals surface area contributed by atoms with Crippen LogP contribution in [-0.2, 0) is 0 Å². The molecule has 0 bridgehead atoms. The lowest BCUT2D eigenvalue weighted by Gasteiger charge is -2.26. The summed E-state index contributed by atoms with van der Waals surface area (Å²) in [6.45, 7) is 4.78. The molecule has 0 saturated carbocycles. The van der Waals surface area contributed by atoms with E-state index < -0.39 is 17.7 Å². The molecule has 0 radical (unpaired) electrons. The van der Waals surface area contributed by atoms with Crippen molar-refractivity contribution >= 4 is 5.69 Å². The maximum absolute atomic E-state index is 13.3. The number of aryl methyl sites for hydroxylation is 1. The van der Waals surface area contributed by atoms with Gasteiger partial charge in [0.2, 0.25) is 0 Å². The van der Waals surface area contributed by atoms with Gasteiger partial charge in [0, 0.05) is 24.8 Å². The lowest BCUT2D eigenvalue weighted by molar-refractivity contribution is 0.112. The third-order valence-corrected chi connectivity index (χ3v) is 3.61. The highest BCUT2D eigenvalue weighted by molar-refractivity contribution is 5.46. The van der Waals surface area contributed by atoms with Gasteiger partial charge in [-0.15, -0.1) is 0 Å². The van der Waals surface area contributed by atoms with Crippen LogP contribution in [-0.4, -0.2) is 30.9 Å². The summed E-state index contributed by atoms with van der Waals surface area (Å²) in [4.78, 5) is 1.77. The van der Waals surface area contributed by atoms with Crippen LogP contribution in [0.1, 0.15) is 12.5 Å². The molecule has 0 amide bonds. The van der Waals surface area contributed by atoms with Crippen molar-refractivity contribution in [3.63, 3.8) is 0 Å². The number of hydrogen-bond donors (Lipinski definition) is 1. The summed E-state index contributed by atoms with van der Waals surface area (Å²) >= 11 is 0. The van der Waals surface area contributed by atoms with Crippen molar-refractivity contribution in [1.82, 2.24) is 0 Å². The van der Waals surface area contributed by atoms with Crippen molar-refractivity contribution in [3.8, 4) is 5.75 Å². The fraction of sp³-hybridized carbons (Fsp3) is 0.333. The van der Waals surface area contributed by atoms with E-state index in [1.54, 1.807) is 4.90 Å². The van der Waals surface area contributed by atoms with Crippen molar-refractivity contribution in [2.45, 2.75) is 20.0 Å². The molecule has 0 spiro atoms. The number of nitrogens with zero attached hydrogens (tertiary/aromatic N) is 1. The van der Waals surface area contributed by atoms with Crippen LogP contribution >= 0.6 is 0 Å². The molecule has 0 aliphatic heterocycles. The first-order valence-electron chi connectivity index (χ1n) is 7.57. The molecule has 1 N–H and O–H groups in total. The molecular formula is C18H21F2NO2. The van der Waals surface area contributed by atoms with E-state index in [9.17, 15) is 13.9 Å². The first kappa shape index (κ1) is 17.2. The molecule has 2 rings (SSSR count). The molecule has 2 aromatic rings. The molecule has 0 heterocycles. The van der Waals surface area contributed by atoms with E-state index in [4.69, 9.17) is 4.74 Å². The molecule has 2 aromatic carbocycles. The first-order valence-corrected chi connectivity index (χ1v) is 7.57. The zero-order valence-electron chi connectivity index (χ0n) is 13.3. The average molecular weight is 321 g/mol. The number of para-hydroxylation sites is 1. The molecule has 0 fully saturated rings. The molecular weight excluding hydrogens is 300 g/mol. The first-order chi connectivity index (χ1) is 11.0. The number of rotatable bonds is 7. The van der Waals surface area contributed by atoms with Gasteiger partial charge >= 0.3 is 0 Å². The molecule has 23 heavy (non-hydrogen) atoms. The van der Waals surface area contributed by atoms with Gasteiger partial charge in [-0.3, -0.25) is 0 Å². The van der Waals surface area contributed by atoms with Crippen LogP contribution in [0.2, 0.25) is 0 Å². The van der Waals surface area contributed by atoms with Gasteiger partial charge in [-0.25, -0.2) is 8.78 Å². The van der Waals surface area contributed by atoms with Crippen LogP contribution in [0.4, 0.5) is 14.5 Å². The van der Waals surface area contributed by atoms with Gasteiger partial charge < -0.3 is 14.7 Å². The minimum Gasteiger partial charge on any atom is -0.491 e. The van der Waals surface area contributed by atoms with E-state index in [1.165, 1.54) is 6.07 Å². The van der Waals surface area contributed by atoms with Crippen molar-refractivity contribution in [2.24, 2.45) is 0 Å². The van der Waals surface area contributed by atoms with Gasteiger partial charge in [0.1, 0.15) is 18.5 Å². The normalized spacial score (nSPS) is 12.0. The summed E-state index contributed by atoms with van der Waals surface area (Å²) in [7, 11) is 0. The number of benzene rings is 2. The van der Waals surface area contributed by atoms with Crippen molar-refractivity contribution in [1.29, 1.82) is 0 Å². The Hall–Kier alpha value is -2.14. The minimum atomic E-state index is -0.897. The van der Waals surface area contributed by atoms with E-state index in [-0.39, 0.29) is 13.2 Å². The van der Waals surface area contributed by atoms with E-state index >= 15 is 0 Å². The molecule has 5 heteroatoms. The monoisotopic (exact) mass is 321 g/mol.